The van der Waals surface area contributed by atoms with Gasteiger partial charge in [0.05, 0.1) is 16.0 Å². The Morgan fingerprint density at radius 2 is 1.96 bits per heavy atom. The lowest BCUT2D eigenvalue weighted by atomic mass is 10.0. The highest BCUT2D eigenvalue weighted by Crippen LogP contribution is 2.33. The molecule has 8 heteroatoms. The summed E-state index contributed by atoms with van der Waals surface area (Å²) in [6.45, 7) is 9.92. The van der Waals surface area contributed by atoms with E-state index in [1.807, 2.05) is 49.6 Å². The van der Waals surface area contributed by atoms with Gasteiger partial charge in [-0.3, -0.25) is 9.36 Å². The molecule has 1 atom stereocenters. The van der Waals surface area contributed by atoms with Crippen molar-refractivity contribution in [3.8, 4) is 5.69 Å². The molecule has 1 aromatic heterocycles. The quantitative estimate of drug-likeness (QED) is 0.675. The van der Waals surface area contributed by atoms with E-state index in [1.165, 1.54) is 11.8 Å². The van der Waals surface area contributed by atoms with Crippen LogP contribution in [0.2, 0.25) is 5.02 Å². The zero-order valence-electron chi connectivity index (χ0n) is 16.9. The fourth-order valence-corrected chi connectivity index (χ4v) is 4.12. The van der Waals surface area contributed by atoms with E-state index < -0.39 is 0 Å². The number of aromatic nitrogens is 3. The van der Waals surface area contributed by atoms with Gasteiger partial charge in [-0.05, 0) is 52.2 Å². The van der Waals surface area contributed by atoms with Crippen LogP contribution < -0.4 is 10.2 Å². The number of nitrogens with one attached hydrogen (secondary N) is 1. The lowest BCUT2D eigenvalue weighted by Crippen LogP contribution is -2.46. The standard InChI is InChI=1S/C20H28ClN5OS/c1-5-20(3,4)22-17(27)14(2)28-19-24-23-18(25-12-8-9-13-25)26(19)16-11-7-6-10-15(16)21/h6-7,10-11,14H,5,8-9,12-13H2,1-4H3,(H,22,27). The van der Waals surface area contributed by atoms with Crippen LogP contribution in [0.25, 0.3) is 5.69 Å². The number of rotatable bonds is 7. The highest BCUT2D eigenvalue weighted by molar-refractivity contribution is 8.00. The summed E-state index contributed by atoms with van der Waals surface area (Å²) in [6.07, 6.45) is 3.15. The summed E-state index contributed by atoms with van der Waals surface area (Å²) in [5.74, 6) is 0.780. The molecule has 1 fully saturated rings. The third kappa shape index (κ3) is 4.63. The number of hydrogen-bond acceptors (Lipinski definition) is 5. The fourth-order valence-electron chi connectivity index (χ4n) is 3.04. The van der Waals surface area contributed by atoms with Gasteiger partial charge in [-0.1, -0.05) is 42.4 Å². The second kappa shape index (κ2) is 8.74. The van der Waals surface area contributed by atoms with E-state index >= 15 is 0 Å². The predicted molar refractivity (Wildman–Crippen MR) is 116 cm³/mol. The van der Waals surface area contributed by atoms with Crippen molar-refractivity contribution in [2.24, 2.45) is 0 Å². The van der Waals surface area contributed by atoms with Crippen LogP contribution in [0, 0.1) is 0 Å². The molecule has 152 valence electrons. The van der Waals surface area contributed by atoms with E-state index in [4.69, 9.17) is 11.6 Å². The second-order valence-corrected chi connectivity index (χ2v) is 9.47. The van der Waals surface area contributed by atoms with Crippen LogP contribution in [0.15, 0.2) is 29.4 Å². The summed E-state index contributed by atoms with van der Waals surface area (Å²) in [5.41, 5.74) is 0.600. The number of para-hydroxylation sites is 1. The number of benzene rings is 1. The number of carbonyl (C=O) groups excluding carboxylic acids is 1. The Kier molecular flexibility index (Phi) is 6.55. The third-order valence-electron chi connectivity index (χ3n) is 5.10. The molecule has 0 saturated carbocycles. The van der Waals surface area contributed by atoms with Crippen LogP contribution >= 0.6 is 23.4 Å². The molecule has 1 aliphatic heterocycles. The SMILES string of the molecule is CCC(C)(C)NC(=O)C(C)Sc1nnc(N2CCCC2)n1-c1ccccc1Cl. The smallest absolute Gasteiger partial charge is 0.233 e. The molecular weight excluding hydrogens is 394 g/mol. The van der Waals surface area contributed by atoms with Gasteiger partial charge in [0.25, 0.3) is 0 Å². The number of nitrogens with zero attached hydrogens (tertiary/aromatic N) is 4. The minimum absolute atomic E-state index is 0.00622. The van der Waals surface area contributed by atoms with Crippen molar-refractivity contribution in [3.05, 3.63) is 29.3 Å². The number of thioether (sulfide) groups is 1. The van der Waals surface area contributed by atoms with Gasteiger partial charge in [0.15, 0.2) is 5.16 Å². The minimum atomic E-state index is -0.303. The van der Waals surface area contributed by atoms with Crippen LogP contribution in [0.3, 0.4) is 0 Å². The molecule has 0 spiro atoms. The van der Waals surface area contributed by atoms with Crippen molar-refractivity contribution in [2.45, 2.75) is 62.9 Å². The average molecular weight is 422 g/mol. The highest BCUT2D eigenvalue weighted by Gasteiger charge is 2.27. The molecule has 0 radical (unpaired) electrons. The lowest BCUT2D eigenvalue weighted by molar-refractivity contribution is -0.121. The average Bonchev–Trinajstić information content (AvgIpc) is 3.31. The molecule has 3 rings (SSSR count). The van der Waals surface area contributed by atoms with Gasteiger partial charge >= 0.3 is 0 Å². The number of amides is 1. The molecule has 0 aliphatic carbocycles. The summed E-state index contributed by atoms with van der Waals surface area (Å²) < 4.78 is 1.98. The van der Waals surface area contributed by atoms with Gasteiger partial charge in [-0.15, -0.1) is 10.2 Å². The molecule has 0 bridgehead atoms. The molecule has 1 amide bonds. The first-order chi connectivity index (χ1) is 13.3. The summed E-state index contributed by atoms with van der Waals surface area (Å²) in [4.78, 5) is 14.9. The minimum Gasteiger partial charge on any atom is -0.350 e. The Bertz CT molecular complexity index is 832. The highest BCUT2D eigenvalue weighted by atomic mass is 35.5. The van der Waals surface area contributed by atoms with Gasteiger partial charge in [0.1, 0.15) is 0 Å². The molecule has 1 aliphatic rings. The van der Waals surface area contributed by atoms with Crippen LogP contribution in [0.4, 0.5) is 5.95 Å². The first kappa shape index (κ1) is 21.0. The monoisotopic (exact) mass is 421 g/mol. The predicted octanol–water partition coefficient (Wildman–Crippen LogP) is 4.31. The Morgan fingerprint density at radius 3 is 2.61 bits per heavy atom. The van der Waals surface area contributed by atoms with E-state index in [9.17, 15) is 4.79 Å². The molecule has 1 N–H and O–H groups in total. The largest absolute Gasteiger partial charge is 0.350 e. The zero-order chi connectivity index (χ0) is 20.3. The van der Waals surface area contributed by atoms with Crippen molar-refractivity contribution in [1.29, 1.82) is 0 Å². The summed E-state index contributed by atoms with van der Waals surface area (Å²) >= 11 is 7.89. The number of halogens is 1. The lowest BCUT2D eigenvalue weighted by Gasteiger charge is -2.26. The Balaban J connectivity index is 1.91. The first-order valence-electron chi connectivity index (χ1n) is 9.76. The summed E-state index contributed by atoms with van der Waals surface area (Å²) in [6, 6.07) is 7.67. The molecular formula is C20H28ClN5OS. The fraction of sp³-hybridized carbons (Fsp3) is 0.550. The third-order valence-corrected chi connectivity index (χ3v) is 6.46. The van der Waals surface area contributed by atoms with Crippen molar-refractivity contribution in [1.82, 2.24) is 20.1 Å². The Labute approximate surface area is 176 Å². The van der Waals surface area contributed by atoms with Crippen molar-refractivity contribution >= 4 is 35.2 Å². The molecule has 1 unspecified atom stereocenters. The summed E-state index contributed by atoms with van der Waals surface area (Å²) in [7, 11) is 0. The molecule has 2 heterocycles. The van der Waals surface area contributed by atoms with Gasteiger partial charge in [-0.2, -0.15) is 0 Å². The topological polar surface area (TPSA) is 63.1 Å². The van der Waals surface area contributed by atoms with Gasteiger partial charge in [0, 0.05) is 18.6 Å². The molecule has 28 heavy (non-hydrogen) atoms. The normalized spacial score (nSPS) is 15.7. The van der Waals surface area contributed by atoms with E-state index in [0.717, 1.165) is 44.0 Å². The second-order valence-electron chi connectivity index (χ2n) is 7.75. The van der Waals surface area contributed by atoms with E-state index in [0.29, 0.717) is 10.2 Å². The maximum Gasteiger partial charge on any atom is 0.233 e. The zero-order valence-corrected chi connectivity index (χ0v) is 18.5. The summed E-state index contributed by atoms with van der Waals surface area (Å²) in [5, 5.41) is 13.0. The van der Waals surface area contributed by atoms with Crippen LogP contribution in [-0.4, -0.2) is 44.6 Å². The van der Waals surface area contributed by atoms with Crippen molar-refractivity contribution < 1.29 is 4.79 Å². The van der Waals surface area contributed by atoms with Gasteiger partial charge in [-0.25, -0.2) is 0 Å². The first-order valence-corrected chi connectivity index (χ1v) is 11.0. The van der Waals surface area contributed by atoms with Gasteiger partial charge in [0.2, 0.25) is 11.9 Å². The molecule has 1 saturated heterocycles. The van der Waals surface area contributed by atoms with Crippen LogP contribution in [0.1, 0.15) is 47.0 Å². The van der Waals surface area contributed by atoms with E-state index in [1.54, 1.807) is 0 Å². The molecule has 2 aromatic rings. The molecule has 1 aromatic carbocycles. The molecule has 6 nitrogen and oxygen atoms in total. The Hall–Kier alpha value is -1.73. The van der Waals surface area contributed by atoms with Gasteiger partial charge < -0.3 is 10.2 Å². The van der Waals surface area contributed by atoms with Crippen molar-refractivity contribution in [2.75, 3.05) is 18.0 Å². The van der Waals surface area contributed by atoms with Crippen LogP contribution in [0.5, 0.6) is 0 Å². The van der Waals surface area contributed by atoms with E-state index in [-0.39, 0.29) is 16.7 Å². The number of hydrogen-bond donors (Lipinski definition) is 1. The number of carbonyl (C=O) groups is 1. The van der Waals surface area contributed by atoms with Crippen LogP contribution in [-0.2, 0) is 4.79 Å². The van der Waals surface area contributed by atoms with Crippen molar-refractivity contribution in [3.63, 3.8) is 0 Å². The number of anilines is 1. The maximum absolute atomic E-state index is 12.7. The Morgan fingerprint density at radius 1 is 1.29 bits per heavy atom. The van der Waals surface area contributed by atoms with E-state index in [2.05, 4.69) is 27.3 Å². The maximum atomic E-state index is 12.7.